The minimum absolute atomic E-state index is 0.0114. The van der Waals surface area contributed by atoms with E-state index in [0.717, 1.165) is 18.2 Å². The van der Waals surface area contributed by atoms with E-state index in [-0.39, 0.29) is 28.2 Å². The number of carboxylic acid groups (broad SMARTS) is 1. The first-order valence-electron chi connectivity index (χ1n) is 9.66. The van der Waals surface area contributed by atoms with E-state index >= 15 is 0 Å². The summed E-state index contributed by atoms with van der Waals surface area (Å²) in [5.74, 6) is 0.559. The van der Waals surface area contributed by atoms with Crippen LogP contribution in [0.25, 0.3) is 11.2 Å². The van der Waals surface area contributed by atoms with E-state index in [0.29, 0.717) is 17.0 Å². The van der Waals surface area contributed by atoms with Gasteiger partial charge in [0, 0.05) is 11.8 Å². The number of aromatic nitrogens is 3. The Balaban J connectivity index is 1.39. The van der Waals surface area contributed by atoms with E-state index in [1.165, 1.54) is 24.3 Å². The normalized spacial score (nSPS) is 11.2. The third-order valence-corrected chi connectivity index (χ3v) is 4.75. The van der Waals surface area contributed by atoms with Crippen molar-refractivity contribution in [2.75, 3.05) is 16.0 Å². The Morgan fingerprint density at radius 2 is 1.71 bits per heavy atom. The fraction of sp³-hybridized carbons (Fsp3) is 0.0476. The Morgan fingerprint density at radius 1 is 0.971 bits per heavy atom. The summed E-state index contributed by atoms with van der Waals surface area (Å²) in [6.45, 7) is 0. The number of carbonyl (C=O) groups excluding carboxylic acids is 1. The van der Waals surface area contributed by atoms with E-state index < -0.39 is 23.9 Å². The number of H-pyrrole nitrogens is 1. The lowest BCUT2D eigenvalue weighted by molar-refractivity contribution is -0.137. The number of fused-ring (bicyclic) bond motifs is 1. The van der Waals surface area contributed by atoms with E-state index in [9.17, 15) is 22.8 Å². The number of hydrogen-bond donors (Lipinski definition) is 5. The molecule has 2 heterocycles. The molecule has 0 aliphatic heterocycles. The monoisotopic (exact) mass is 506 g/mol. The van der Waals surface area contributed by atoms with E-state index in [4.69, 9.17) is 21.4 Å². The smallest absolute Gasteiger partial charge is 0.416 e. The third kappa shape index (κ3) is 5.89. The molecule has 0 saturated heterocycles. The molecule has 4 aromatic rings. The molecule has 2 aromatic carbocycles. The topological polar surface area (TPSA) is 141 Å². The van der Waals surface area contributed by atoms with Crippen molar-refractivity contribution in [2.45, 2.75) is 6.18 Å². The number of hydrogen-bond acceptors (Lipinski definition) is 5. The summed E-state index contributed by atoms with van der Waals surface area (Å²) >= 11 is 5.88. The molecule has 35 heavy (non-hydrogen) atoms. The zero-order valence-electron chi connectivity index (χ0n) is 17.3. The summed E-state index contributed by atoms with van der Waals surface area (Å²) in [7, 11) is 0. The van der Waals surface area contributed by atoms with Gasteiger partial charge in [-0.1, -0.05) is 11.6 Å². The molecule has 0 saturated carbocycles. The number of amides is 3. The fourth-order valence-corrected chi connectivity index (χ4v) is 3.07. The second-order valence-corrected chi connectivity index (χ2v) is 7.34. The zero-order chi connectivity index (χ0) is 25.2. The molecule has 3 amide bonds. The minimum Gasteiger partial charge on any atom is -0.465 e. The van der Waals surface area contributed by atoms with Crippen LogP contribution < -0.4 is 20.7 Å². The van der Waals surface area contributed by atoms with Crippen LogP contribution in [0.3, 0.4) is 0 Å². The Bertz CT molecular complexity index is 1410. The van der Waals surface area contributed by atoms with E-state index in [1.807, 2.05) is 0 Å². The molecule has 0 aliphatic carbocycles. The maximum atomic E-state index is 12.9. The Kier molecular flexibility index (Phi) is 6.34. The standard InChI is InChI=1S/C21H14ClF3N6O4/c22-13-6-1-10(21(23,24)25)9-15(13)28-19(32)26-11-2-4-12(5-3-11)35-16-8-7-14-17(29-16)30-18(27-14)31-20(33)34/h1-9H,(H,33,34)(H2,26,28,32)(H2,27,29,30,31). The van der Waals surface area contributed by atoms with Gasteiger partial charge < -0.3 is 25.5 Å². The Morgan fingerprint density at radius 3 is 2.40 bits per heavy atom. The summed E-state index contributed by atoms with van der Waals surface area (Å²) in [6, 6.07) is 11.0. The number of imidazole rings is 1. The van der Waals surface area contributed by atoms with Gasteiger partial charge in [0.1, 0.15) is 5.75 Å². The lowest BCUT2D eigenvalue weighted by atomic mass is 10.2. The molecule has 0 aliphatic rings. The summed E-state index contributed by atoms with van der Waals surface area (Å²) < 4.78 is 44.3. The number of benzene rings is 2. The lowest BCUT2D eigenvalue weighted by Crippen LogP contribution is -2.20. The van der Waals surface area contributed by atoms with Crippen LogP contribution in [0.2, 0.25) is 5.02 Å². The molecule has 0 radical (unpaired) electrons. The number of anilines is 3. The number of aromatic amines is 1. The van der Waals surface area contributed by atoms with Gasteiger partial charge in [0.25, 0.3) is 0 Å². The van der Waals surface area contributed by atoms with Crippen LogP contribution in [0.5, 0.6) is 11.6 Å². The highest BCUT2D eigenvalue weighted by molar-refractivity contribution is 6.33. The number of nitrogens with zero attached hydrogens (tertiary/aromatic N) is 2. The average Bonchev–Trinajstić information content (AvgIpc) is 3.16. The van der Waals surface area contributed by atoms with Gasteiger partial charge in [-0.05, 0) is 48.5 Å². The first-order valence-corrected chi connectivity index (χ1v) is 10.0. The Hall–Kier alpha value is -4.52. The second-order valence-electron chi connectivity index (χ2n) is 6.93. The van der Waals surface area contributed by atoms with Crippen molar-refractivity contribution in [2.24, 2.45) is 0 Å². The van der Waals surface area contributed by atoms with Crippen molar-refractivity contribution in [1.29, 1.82) is 0 Å². The maximum Gasteiger partial charge on any atom is 0.416 e. The second kappa shape index (κ2) is 9.38. The highest BCUT2D eigenvalue weighted by Crippen LogP contribution is 2.34. The van der Waals surface area contributed by atoms with Crippen molar-refractivity contribution in [3.8, 4) is 11.6 Å². The van der Waals surface area contributed by atoms with Crippen molar-refractivity contribution in [3.63, 3.8) is 0 Å². The van der Waals surface area contributed by atoms with Gasteiger partial charge in [-0.25, -0.2) is 9.59 Å². The van der Waals surface area contributed by atoms with Gasteiger partial charge in [-0.3, -0.25) is 5.32 Å². The van der Waals surface area contributed by atoms with Gasteiger partial charge >= 0.3 is 18.3 Å². The van der Waals surface area contributed by atoms with E-state index in [2.05, 4.69) is 30.9 Å². The summed E-state index contributed by atoms with van der Waals surface area (Å²) in [4.78, 5) is 33.8. The van der Waals surface area contributed by atoms with Crippen LogP contribution in [0, 0.1) is 0 Å². The number of pyridine rings is 1. The molecule has 0 spiro atoms. The molecular weight excluding hydrogens is 493 g/mol. The summed E-state index contributed by atoms with van der Waals surface area (Å²) in [6.07, 6.45) is -5.86. The molecule has 180 valence electrons. The number of rotatable bonds is 5. The molecule has 4 rings (SSSR count). The summed E-state index contributed by atoms with van der Waals surface area (Å²) in [5, 5.41) is 15.5. The molecule has 0 fully saturated rings. The van der Waals surface area contributed by atoms with Gasteiger partial charge in [-0.2, -0.15) is 23.1 Å². The van der Waals surface area contributed by atoms with Crippen molar-refractivity contribution >= 4 is 52.2 Å². The van der Waals surface area contributed by atoms with Crippen molar-refractivity contribution in [1.82, 2.24) is 15.0 Å². The maximum absolute atomic E-state index is 12.9. The molecular formula is C21H14ClF3N6O4. The molecule has 5 N–H and O–H groups in total. The number of urea groups is 1. The molecule has 14 heteroatoms. The predicted octanol–water partition coefficient (Wildman–Crippen LogP) is 6.16. The highest BCUT2D eigenvalue weighted by Gasteiger charge is 2.31. The molecule has 0 unspecified atom stereocenters. The van der Waals surface area contributed by atoms with Crippen LogP contribution in [0.15, 0.2) is 54.6 Å². The molecule has 2 aromatic heterocycles. The Labute approximate surface area is 199 Å². The third-order valence-electron chi connectivity index (χ3n) is 4.42. The van der Waals surface area contributed by atoms with Gasteiger partial charge in [0.2, 0.25) is 11.8 Å². The molecule has 0 bridgehead atoms. The van der Waals surface area contributed by atoms with E-state index in [1.54, 1.807) is 12.1 Å². The van der Waals surface area contributed by atoms with Crippen LogP contribution in [0.1, 0.15) is 5.56 Å². The average molecular weight is 507 g/mol. The highest BCUT2D eigenvalue weighted by atomic mass is 35.5. The van der Waals surface area contributed by atoms with Crippen LogP contribution in [0.4, 0.5) is 40.1 Å². The summed E-state index contributed by atoms with van der Waals surface area (Å²) in [5.41, 5.74) is -0.0877. The fourth-order valence-electron chi connectivity index (χ4n) is 2.90. The van der Waals surface area contributed by atoms with Gasteiger partial charge in [0.05, 0.1) is 21.8 Å². The first-order chi connectivity index (χ1) is 16.6. The largest absolute Gasteiger partial charge is 0.465 e. The van der Waals surface area contributed by atoms with Crippen molar-refractivity contribution < 1.29 is 32.6 Å². The predicted molar refractivity (Wildman–Crippen MR) is 121 cm³/mol. The molecule has 10 nitrogen and oxygen atoms in total. The minimum atomic E-state index is -4.58. The lowest BCUT2D eigenvalue weighted by Gasteiger charge is -2.12. The van der Waals surface area contributed by atoms with Gasteiger partial charge in [-0.15, -0.1) is 0 Å². The number of alkyl halides is 3. The number of carbonyl (C=O) groups is 2. The van der Waals surface area contributed by atoms with Gasteiger partial charge in [0.15, 0.2) is 5.65 Å². The molecule has 0 atom stereocenters. The quantitative estimate of drug-likeness (QED) is 0.219. The SMILES string of the molecule is O=C(O)Nc1nc2nc(Oc3ccc(NC(=O)Nc4cc(C(F)(F)F)ccc4Cl)cc3)ccc2[nH]1. The zero-order valence-corrected chi connectivity index (χ0v) is 18.0. The van der Waals surface area contributed by atoms with Crippen LogP contribution in [-0.4, -0.2) is 32.2 Å². The van der Waals surface area contributed by atoms with Crippen molar-refractivity contribution in [3.05, 3.63) is 65.2 Å². The van der Waals surface area contributed by atoms with Crippen LogP contribution >= 0.6 is 11.6 Å². The number of halogens is 4. The number of nitrogens with one attached hydrogen (secondary N) is 4. The first kappa shape index (κ1) is 23.6. The number of ether oxygens (including phenoxy) is 1. The van der Waals surface area contributed by atoms with Crippen LogP contribution in [-0.2, 0) is 6.18 Å².